The van der Waals surface area contributed by atoms with Crippen LogP contribution in [-0.2, 0) is 6.54 Å². The van der Waals surface area contributed by atoms with Gasteiger partial charge in [-0.25, -0.2) is 4.99 Å². The van der Waals surface area contributed by atoms with Gasteiger partial charge in [-0.3, -0.25) is 0 Å². The molecule has 1 unspecified atom stereocenters. The van der Waals surface area contributed by atoms with Crippen molar-refractivity contribution in [2.75, 3.05) is 0 Å². The second kappa shape index (κ2) is 14.4. The van der Waals surface area contributed by atoms with E-state index in [4.69, 9.17) is 15.5 Å². The van der Waals surface area contributed by atoms with E-state index in [2.05, 4.69) is 174 Å². The number of para-hydroxylation sites is 3. The van der Waals surface area contributed by atoms with E-state index in [1.807, 2.05) is 18.2 Å². The van der Waals surface area contributed by atoms with Crippen molar-refractivity contribution in [3.63, 3.8) is 0 Å². The molecule has 10 rings (SSSR count). The summed E-state index contributed by atoms with van der Waals surface area (Å²) in [5.41, 5.74) is 20.2. The van der Waals surface area contributed by atoms with E-state index < -0.39 is 6.17 Å². The molecule has 56 heavy (non-hydrogen) atoms. The summed E-state index contributed by atoms with van der Waals surface area (Å²) in [6.07, 6.45) is 7.86. The fourth-order valence-corrected chi connectivity index (χ4v) is 8.13. The Morgan fingerprint density at radius 3 is 2.00 bits per heavy atom. The molecule has 270 valence electrons. The Bertz CT molecular complexity index is 2830. The second-order valence-corrected chi connectivity index (χ2v) is 14.5. The predicted molar refractivity (Wildman–Crippen MR) is 231 cm³/mol. The second-order valence-electron chi connectivity index (χ2n) is 14.5. The Morgan fingerprint density at radius 1 is 0.643 bits per heavy atom. The zero-order valence-corrected chi connectivity index (χ0v) is 30.9. The number of hydrogen-bond acceptors (Lipinski definition) is 3. The van der Waals surface area contributed by atoms with Crippen molar-refractivity contribution in [2.24, 2.45) is 10.7 Å². The maximum Gasteiger partial charge on any atom is 0.135 e. The van der Waals surface area contributed by atoms with Gasteiger partial charge in [0.25, 0.3) is 0 Å². The Kier molecular flexibility index (Phi) is 8.62. The summed E-state index contributed by atoms with van der Waals surface area (Å²) >= 11 is 0. The van der Waals surface area contributed by atoms with Crippen LogP contribution in [0.25, 0.3) is 60.9 Å². The van der Waals surface area contributed by atoms with E-state index in [-0.39, 0.29) is 0 Å². The van der Waals surface area contributed by atoms with Crippen molar-refractivity contribution in [3.05, 3.63) is 199 Å². The van der Waals surface area contributed by atoms with Gasteiger partial charge in [0.15, 0.2) is 0 Å². The summed E-state index contributed by atoms with van der Waals surface area (Å²) in [4.78, 5) is 5.00. The molecule has 0 spiro atoms. The molecule has 7 aromatic carbocycles. The number of allylic oxidation sites excluding steroid dienone is 3. The molecule has 0 bridgehead atoms. The van der Waals surface area contributed by atoms with Crippen LogP contribution in [0.5, 0.6) is 11.5 Å². The molecule has 1 aliphatic carbocycles. The highest BCUT2D eigenvalue weighted by molar-refractivity contribution is 6.13. The number of aromatic nitrogens is 1. The molecule has 0 radical (unpaired) electrons. The van der Waals surface area contributed by atoms with E-state index in [0.717, 1.165) is 80.3 Å². The molecule has 0 saturated carbocycles. The van der Waals surface area contributed by atoms with Crippen LogP contribution >= 0.6 is 0 Å². The van der Waals surface area contributed by atoms with Crippen molar-refractivity contribution in [2.45, 2.75) is 25.6 Å². The zero-order valence-electron chi connectivity index (χ0n) is 30.9. The fraction of sp³-hybridized carbons (Fsp3) is 0.0784. The maximum atomic E-state index is 6.64. The van der Waals surface area contributed by atoms with Gasteiger partial charge < -0.3 is 20.4 Å². The lowest BCUT2D eigenvalue weighted by atomic mass is 9.92. The molecule has 0 fully saturated rings. The van der Waals surface area contributed by atoms with E-state index in [1.54, 1.807) is 0 Å². The minimum Gasteiger partial charge on any atom is -0.456 e. The van der Waals surface area contributed by atoms with E-state index in [9.17, 15) is 0 Å². The summed E-state index contributed by atoms with van der Waals surface area (Å²) in [5, 5.41) is 6.01. The van der Waals surface area contributed by atoms with Gasteiger partial charge in [-0.05, 0) is 88.7 Å². The first-order valence-corrected chi connectivity index (χ1v) is 19.3. The van der Waals surface area contributed by atoms with Crippen LogP contribution in [0.4, 0.5) is 0 Å². The lowest BCUT2D eigenvalue weighted by Crippen LogP contribution is -2.30. The largest absolute Gasteiger partial charge is 0.456 e. The van der Waals surface area contributed by atoms with Crippen LogP contribution in [-0.4, -0.2) is 16.6 Å². The average Bonchev–Trinajstić information content (AvgIpc) is 3.51. The number of nitrogens with two attached hydrogens (primary N) is 1. The number of benzene rings is 7. The summed E-state index contributed by atoms with van der Waals surface area (Å²) in [6.45, 7) is 0.660. The fourth-order valence-electron chi connectivity index (χ4n) is 8.13. The highest BCUT2D eigenvalue weighted by atomic mass is 16.5. The smallest absolute Gasteiger partial charge is 0.135 e. The first-order valence-electron chi connectivity index (χ1n) is 19.3. The highest BCUT2D eigenvalue weighted by Crippen LogP contribution is 2.49. The number of amidine groups is 1. The third-order valence-corrected chi connectivity index (χ3v) is 11.0. The summed E-state index contributed by atoms with van der Waals surface area (Å²) < 4.78 is 8.90. The number of nitrogens with one attached hydrogen (secondary N) is 1. The van der Waals surface area contributed by atoms with Crippen LogP contribution < -0.4 is 15.8 Å². The maximum absolute atomic E-state index is 6.64. The van der Waals surface area contributed by atoms with Gasteiger partial charge in [0.2, 0.25) is 0 Å². The molecule has 1 aliphatic heterocycles. The monoisotopic (exact) mass is 724 g/mol. The molecule has 5 nitrogen and oxygen atoms in total. The first-order chi connectivity index (χ1) is 27.7. The topological polar surface area (TPSA) is 64.6 Å². The first kappa shape index (κ1) is 33.6. The molecule has 0 amide bonds. The Labute approximate surface area is 326 Å². The minimum atomic E-state index is -0.403. The number of rotatable bonds is 7. The average molecular weight is 725 g/mol. The van der Waals surface area contributed by atoms with Crippen molar-refractivity contribution in [1.82, 2.24) is 9.88 Å². The molecule has 0 saturated heterocycles. The van der Waals surface area contributed by atoms with Gasteiger partial charge in [-0.1, -0.05) is 140 Å². The van der Waals surface area contributed by atoms with Gasteiger partial charge in [0.1, 0.15) is 23.5 Å². The Hall–Kier alpha value is -6.95. The van der Waals surface area contributed by atoms with Crippen LogP contribution in [0.2, 0.25) is 0 Å². The SMILES string of the molecule is NC(N=C(NCc1ccccc1)c1ccc(-c2ccc(-n3c4ccccc4c4cc5c(cc43)-c3ccccc3Oc3ccccc3-5)cc2)cc1)C1=CC=CCC1. The van der Waals surface area contributed by atoms with Crippen molar-refractivity contribution < 1.29 is 4.74 Å². The highest BCUT2D eigenvalue weighted by Gasteiger charge is 2.23. The molecule has 2 heterocycles. The third kappa shape index (κ3) is 6.18. The molecule has 5 heteroatoms. The van der Waals surface area contributed by atoms with Crippen LogP contribution in [0, 0.1) is 0 Å². The molecule has 8 aromatic rings. The van der Waals surface area contributed by atoms with Crippen molar-refractivity contribution >= 4 is 27.6 Å². The predicted octanol–water partition coefficient (Wildman–Crippen LogP) is 12.0. The number of hydrogen-bond donors (Lipinski definition) is 2. The number of fused-ring (bicyclic) bond motifs is 8. The van der Waals surface area contributed by atoms with E-state index in [0.29, 0.717) is 6.54 Å². The standard InChI is InChI=1S/C51H40N4O/c52-50(37-15-5-2-6-16-37)54-51(53-33-34-13-3-1-4-14-34)38-25-23-35(24-26-38)36-27-29-39(30-28-36)55-46-20-10-7-17-40(46)45-31-43-41-18-8-11-21-48(41)56-49-22-12-9-19-42(49)44(43)32-47(45)55/h1-5,7-15,17-32,50H,6,16,33,52H2,(H,53,54). The third-order valence-electron chi connectivity index (χ3n) is 11.0. The van der Waals surface area contributed by atoms with Gasteiger partial charge in [0, 0.05) is 39.7 Å². The minimum absolute atomic E-state index is 0.403. The molecular formula is C51H40N4O. The Morgan fingerprint density at radius 2 is 1.29 bits per heavy atom. The number of ether oxygens (including phenoxy) is 1. The van der Waals surface area contributed by atoms with Crippen molar-refractivity contribution in [3.8, 4) is 50.6 Å². The van der Waals surface area contributed by atoms with Gasteiger partial charge in [-0.15, -0.1) is 0 Å². The van der Waals surface area contributed by atoms with Gasteiger partial charge in [0.05, 0.1) is 11.0 Å². The zero-order chi connectivity index (χ0) is 37.4. The van der Waals surface area contributed by atoms with Crippen LogP contribution in [0.3, 0.4) is 0 Å². The molecule has 1 atom stereocenters. The number of nitrogens with zero attached hydrogens (tertiary/aromatic N) is 2. The normalized spacial score (nSPS) is 13.9. The van der Waals surface area contributed by atoms with Gasteiger partial charge in [-0.2, -0.15) is 0 Å². The van der Waals surface area contributed by atoms with Gasteiger partial charge >= 0.3 is 0 Å². The lowest BCUT2D eigenvalue weighted by molar-refractivity contribution is 0.488. The summed E-state index contributed by atoms with van der Waals surface area (Å²) in [5.74, 6) is 2.53. The van der Waals surface area contributed by atoms with Crippen LogP contribution in [0.1, 0.15) is 24.0 Å². The Balaban J connectivity index is 1.01. The lowest BCUT2D eigenvalue weighted by Gasteiger charge is -2.17. The molecular weight excluding hydrogens is 685 g/mol. The van der Waals surface area contributed by atoms with Crippen LogP contribution in [0.15, 0.2) is 193 Å². The van der Waals surface area contributed by atoms with E-state index >= 15 is 0 Å². The quantitative estimate of drug-likeness (QED) is 0.127. The molecule has 2 aliphatic rings. The number of aliphatic imine (C=N–C) groups is 1. The molecule has 3 N–H and O–H groups in total. The summed E-state index contributed by atoms with van der Waals surface area (Å²) in [7, 11) is 0. The van der Waals surface area contributed by atoms with Crippen molar-refractivity contribution in [1.29, 1.82) is 0 Å². The molecule has 1 aromatic heterocycles. The summed E-state index contributed by atoms with van der Waals surface area (Å²) in [6, 6.07) is 58.0. The van der Waals surface area contributed by atoms with E-state index in [1.165, 1.54) is 27.4 Å².